The Kier molecular flexibility index (Phi) is 4.60. The van der Waals surface area contributed by atoms with Crippen molar-refractivity contribution >= 4 is 0 Å². The van der Waals surface area contributed by atoms with Crippen LogP contribution in [0.4, 0.5) is 0 Å². The van der Waals surface area contributed by atoms with Gasteiger partial charge in [0.25, 0.3) is 0 Å². The molecule has 0 N–H and O–H groups in total. The molecule has 0 spiro atoms. The van der Waals surface area contributed by atoms with Crippen LogP contribution in [0.5, 0.6) is 0 Å². The van der Waals surface area contributed by atoms with Crippen molar-refractivity contribution in [1.29, 1.82) is 0 Å². The number of hydrogen-bond acceptors (Lipinski definition) is 0. The van der Waals surface area contributed by atoms with E-state index in [-0.39, 0.29) is 0 Å². The first-order chi connectivity index (χ1) is 13.1. The Balaban J connectivity index is 1.97. The van der Waals surface area contributed by atoms with Crippen molar-refractivity contribution in [3.05, 3.63) is 102 Å². The fourth-order valence-electron chi connectivity index (χ4n) is 3.74. The van der Waals surface area contributed by atoms with Gasteiger partial charge in [-0.15, -0.1) is 0 Å². The summed E-state index contributed by atoms with van der Waals surface area (Å²) in [6, 6.07) is 29.5. The summed E-state index contributed by atoms with van der Waals surface area (Å²) in [7, 11) is 0. The van der Waals surface area contributed by atoms with E-state index in [0.29, 0.717) is 0 Å². The van der Waals surface area contributed by atoms with E-state index in [1.807, 2.05) is 24.3 Å². The Morgan fingerprint density at radius 3 is 1.63 bits per heavy atom. The number of aryl methyl sites for hydroxylation is 3. The van der Waals surface area contributed by atoms with Crippen molar-refractivity contribution in [2.45, 2.75) is 20.8 Å². The summed E-state index contributed by atoms with van der Waals surface area (Å²) in [5.41, 5.74) is 8.36. The summed E-state index contributed by atoms with van der Waals surface area (Å²) in [4.78, 5) is 0. The van der Waals surface area contributed by atoms with Crippen LogP contribution in [-0.4, -0.2) is 0 Å². The van der Waals surface area contributed by atoms with Crippen molar-refractivity contribution in [3.8, 4) is 33.8 Å². The lowest BCUT2D eigenvalue weighted by molar-refractivity contribution is 0.581. The molecule has 0 fully saturated rings. The van der Waals surface area contributed by atoms with Crippen molar-refractivity contribution in [2.24, 2.45) is 0 Å². The smallest absolute Gasteiger partial charge is 0.207 e. The molecule has 4 aromatic rings. The predicted octanol–water partition coefficient (Wildman–Crippen LogP) is 7.49. The highest BCUT2D eigenvalue weighted by atomic mass is 16.3. The van der Waals surface area contributed by atoms with Crippen LogP contribution in [0.3, 0.4) is 0 Å². The summed E-state index contributed by atoms with van der Waals surface area (Å²) in [5.74, 6) is 1.79. The molecular weight excluding hydrogens is 328 g/mol. The molecule has 1 aromatic heterocycles. The minimum Gasteiger partial charge on any atom is -0.207 e. The van der Waals surface area contributed by atoms with Crippen LogP contribution in [-0.2, 0) is 0 Å². The van der Waals surface area contributed by atoms with Gasteiger partial charge < -0.3 is 0 Å². The number of hydrogen-bond donors (Lipinski definition) is 0. The average molecular weight is 351 g/mol. The molecule has 0 aliphatic heterocycles. The maximum Gasteiger partial charge on any atom is 0.361 e. The molecule has 0 radical (unpaired) electrons. The van der Waals surface area contributed by atoms with E-state index in [2.05, 4.69) is 81.4 Å². The van der Waals surface area contributed by atoms with Gasteiger partial charge in [-0.25, -0.2) is 4.42 Å². The molecule has 0 aliphatic rings. The van der Waals surface area contributed by atoms with Gasteiger partial charge >= 0.3 is 11.5 Å². The Bertz CT molecular complexity index is 999. The van der Waals surface area contributed by atoms with Crippen LogP contribution >= 0.6 is 0 Å². The zero-order valence-corrected chi connectivity index (χ0v) is 16.0. The van der Waals surface area contributed by atoms with E-state index in [4.69, 9.17) is 4.42 Å². The Labute approximate surface area is 161 Å². The lowest BCUT2D eigenvalue weighted by Crippen LogP contribution is -1.92. The van der Waals surface area contributed by atoms with E-state index in [9.17, 15) is 0 Å². The molecule has 3 aromatic carbocycles. The van der Waals surface area contributed by atoms with Crippen LogP contribution in [0.2, 0.25) is 0 Å². The van der Waals surface area contributed by atoms with Crippen LogP contribution in [0.25, 0.3) is 33.8 Å². The third-order valence-electron chi connectivity index (χ3n) is 4.88. The van der Waals surface area contributed by atoms with E-state index >= 15 is 0 Å². The molecule has 0 atom stereocenters. The Morgan fingerprint density at radius 2 is 1.04 bits per heavy atom. The fourth-order valence-corrected chi connectivity index (χ4v) is 3.74. The monoisotopic (exact) mass is 351 g/mol. The molecule has 0 saturated carbocycles. The minimum atomic E-state index is 0.881. The molecular formula is C26H23O+. The van der Waals surface area contributed by atoms with Gasteiger partial charge in [-0.1, -0.05) is 66.2 Å². The molecule has 0 saturated heterocycles. The maximum absolute atomic E-state index is 6.41. The minimum absolute atomic E-state index is 0.881. The third-order valence-corrected chi connectivity index (χ3v) is 4.88. The molecule has 1 heterocycles. The second-order valence-corrected chi connectivity index (χ2v) is 7.08. The molecule has 1 nitrogen and oxygen atoms in total. The van der Waals surface area contributed by atoms with E-state index < -0.39 is 0 Å². The summed E-state index contributed by atoms with van der Waals surface area (Å²) in [5, 5.41) is 0. The third kappa shape index (κ3) is 3.54. The van der Waals surface area contributed by atoms with Crippen LogP contribution in [0.15, 0.2) is 89.3 Å². The Morgan fingerprint density at radius 1 is 0.519 bits per heavy atom. The molecule has 0 amide bonds. The summed E-state index contributed by atoms with van der Waals surface area (Å²) < 4.78 is 6.41. The second kappa shape index (κ2) is 7.20. The van der Waals surface area contributed by atoms with Gasteiger partial charge in [0.15, 0.2) is 0 Å². The highest BCUT2D eigenvalue weighted by Gasteiger charge is 2.23. The van der Waals surface area contributed by atoms with Crippen molar-refractivity contribution < 1.29 is 4.42 Å². The van der Waals surface area contributed by atoms with E-state index in [1.54, 1.807) is 0 Å². The number of benzene rings is 3. The predicted molar refractivity (Wildman–Crippen MR) is 114 cm³/mol. The van der Waals surface area contributed by atoms with Crippen molar-refractivity contribution in [3.63, 3.8) is 0 Å². The fraction of sp³-hybridized carbons (Fsp3) is 0.115. The van der Waals surface area contributed by atoms with Gasteiger partial charge in [-0.05, 0) is 49.6 Å². The SMILES string of the molecule is Cc1cc(C)c(-c2cc(-c3ccccc3)cc(-c3ccccc3)[o+]2)c(C)c1. The normalized spacial score (nSPS) is 10.8. The average Bonchev–Trinajstić information content (AvgIpc) is 2.68. The van der Waals surface area contributed by atoms with Gasteiger partial charge in [0.2, 0.25) is 0 Å². The summed E-state index contributed by atoms with van der Waals surface area (Å²) >= 11 is 0. The molecule has 4 rings (SSSR count). The van der Waals surface area contributed by atoms with Crippen LogP contribution in [0, 0.1) is 20.8 Å². The summed E-state index contributed by atoms with van der Waals surface area (Å²) in [6.45, 7) is 6.45. The van der Waals surface area contributed by atoms with Gasteiger partial charge in [-0.2, -0.15) is 0 Å². The first-order valence-electron chi connectivity index (χ1n) is 9.29. The lowest BCUT2D eigenvalue weighted by Gasteiger charge is -2.07. The molecule has 0 aliphatic carbocycles. The zero-order valence-electron chi connectivity index (χ0n) is 16.0. The highest BCUT2D eigenvalue weighted by molar-refractivity contribution is 5.76. The van der Waals surface area contributed by atoms with E-state index in [1.165, 1.54) is 27.8 Å². The molecule has 27 heavy (non-hydrogen) atoms. The van der Waals surface area contributed by atoms with Gasteiger partial charge in [0.05, 0.1) is 23.3 Å². The van der Waals surface area contributed by atoms with Gasteiger partial charge in [0, 0.05) is 5.56 Å². The second-order valence-electron chi connectivity index (χ2n) is 7.08. The molecule has 0 bridgehead atoms. The molecule has 132 valence electrons. The Hall–Kier alpha value is -3.19. The van der Waals surface area contributed by atoms with Crippen LogP contribution < -0.4 is 0 Å². The highest BCUT2D eigenvalue weighted by Crippen LogP contribution is 2.35. The molecule has 0 unspecified atom stereocenters. The maximum atomic E-state index is 6.41. The zero-order chi connectivity index (χ0) is 18.8. The van der Waals surface area contributed by atoms with Crippen LogP contribution in [0.1, 0.15) is 16.7 Å². The number of rotatable bonds is 3. The van der Waals surface area contributed by atoms with Gasteiger partial charge in [-0.3, -0.25) is 0 Å². The van der Waals surface area contributed by atoms with E-state index in [0.717, 1.165) is 22.6 Å². The quantitative estimate of drug-likeness (QED) is 0.348. The van der Waals surface area contributed by atoms with Crippen molar-refractivity contribution in [1.82, 2.24) is 0 Å². The topological polar surface area (TPSA) is 11.3 Å². The first kappa shape index (κ1) is 17.2. The largest absolute Gasteiger partial charge is 0.361 e. The standard InChI is InChI=1S/C26H23O/c1-18-14-19(2)26(20(3)15-18)25-17-23(21-10-6-4-7-11-21)16-24(27-25)22-12-8-5-9-13-22/h4-17H,1-3H3/q+1. The van der Waals surface area contributed by atoms with Gasteiger partial charge in [0.1, 0.15) is 0 Å². The van der Waals surface area contributed by atoms with Crippen molar-refractivity contribution in [2.75, 3.05) is 0 Å². The lowest BCUT2D eigenvalue weighted by atomic mass is 9.95. The molecule has 1 heteroatoms. The first-order valence-corrected chi connectivity index (χ1v) is 9.29. The summed E-state index contributed by atoms with van der Waals surface area (Å²) in [6.07, 6.45) is 0.